The predicted octanol–water partition coefficient (Wildman–Crippen LogP) is 3.47. The number of hydrogen-bond acceptors (Lipinski definition) is 2. The van der Waals surface area contributed by atoms with Crippen LogP contribution in [0.1, 0.15) is 22.3 Å². The van der Waals surface area contributed by atoms with Crippen LogP contribution in [0.3, 0.4) is 0 Å². The average molecular weight is 310 g/mol. The Hall–Kier alpha value is -1.58. The minimum atomic E-state index is -0.211. The van der Waals surface area contributed by atoms with Crippen molar-refractivity contribution in [3.05, 3.63) is 63.0 Å². The second-order valence-electron chi connectivity index (χ2n) is 4.30. The lowest BCUT2D eigenvalue weighted by atomic mass is 10.1. The van der Waals surface area contributed by atoms with Crippen molar-refractivity contribution in [2.75, 3.05) is 5.88 Å². The van der Waals surface area contributed by atoms with E-state index in [0.29, 0.717) is 41.8 Å². The van der Waals surface area contributed by atoms with Gasteiger partial charge in [-0.25, -0.2) is 0 Å². The highest BCUT2D eigenvalue weighted by Gasteiger charge is 2.14. The number of benzene rings is 1. The van der Waals surface area contributed by atoms with Gasteiger partial charge in [0.1, 0.15) is 0 Å². The fourth-order valence-electron chi connectivity index (χ4n) is 1.99. The molecule has 1 aromatic heterocycles. The summed E-state index contributed by atoms with van der Waals surface area (Å²) in [6, 6.07) is 9.12. The molecule has 20 heavy (non-hydrogen) atoms. The maximum Gasteiger partial charge on any atom is 0.259 e. The Morgan fingerprint density at radius 2 is 1.90 bits per heavy atom. The molecule has 0 aliphatic heterocycles. The number of para-hydroxylation sites is 1. The number of aldehydes is 1. The van der Waals surface area contributed by atoms with E-state index in [-0.39, 0.29) is 10.6 Å². The fraction of sp³-hybridized carbons (Fsp3) is 0.200. The largest absolute Gasteiger partial charge is 0.298 e. The van der Waals surface area contributed by atoms with Gasteiger partial charge in [0.25, 0.3) is 5.56 Å². The third kappa shape index (κ3) is 2.94. The van der Waals surface area contributed by atoms with E-state index in [2.05, 4.69) is 0 Å². The molecule has 0 saturated heterocycles. The third-order valence-electron chi connectivity index (χ3n) is 2.99. The number of hydrogen-bond donors (Lipinski definition) is 0. The first-order chi connectivity index (χ1) is 9.69. The highest BCUT2D eigenvalue weighted by atomic mass is 35.5. The van der Waals surface area contributed by atoms with E-state index in [1.807, 2.05) is 18.2 Å². The number of halogens is 2. The topological polar surface area (TPSA) is 39.1 Å². The van der Waals surface area contributed by atoms with Crippen LogP contribution in [-0.2, 0) is 6.42 Å². The van der Waals surface area contributed by atoms with Crippen molar-refractivity contribution in [2.45, 2.75) is 12.8 Å². The summed E-state index contributed by atoms with van der Waals surface area (Å²) in [7, 11) is 0. The van der Waals surface area contributed by atoms with Crippen LogP contribution in [-0.4, -0.2) is 16.7 Å². The Kier molecular flexibility index (Phi) is 4.99. The van der Waals surface area contributed by atoms with Crippen molar-refractivity contribution in [3.63, 3.8) is 0 Å². The first-order valence-corrected chi connectivity index (χ1v) is 7.11. The standard InChI is InChI=1S/C15H13Cl2NO2/c16-8-4-7-13-14(17)11(10-19)9-18(15(13)20)12-5-2-1-3-6-12/h1-3,5-6,9-10H,4,7-8H2. The molecule has 0 bridgehead atoms. The Morgan fingerprint density at radius 1 is 1.20 bits per heavy atom. The molecule has 0 saturated carbocycles. The van der Waals surface area contributed by atoms with E-state index in [0.717, 1.165) is 0 Å². The van der Waals surface area contributed by atoms with Crippen LogP contribution in [0.2, 0.25) is 5.02 Å². The Morgan fingerprint density at radius 3 is 2.50 bits per heavy atom. The van der Waals surface area contributed by atoms with Gasteiger partial charge in [-0.15, -0.1) is 11.6 Å². The van der Waals surface area contributed by atoms with Crippen molar-refractivity contribution in [1.82, 2.24) is 4.57 Å². The first-order valence-electron chi connectivity index (χ1n) is 6.19. The van der Waals surface area contributed by atoms with Crippen molar-refractivity contribution in [1.29, 1.82) is 0 Å². The summed E-state index contributed by atoms with van der Waals surface area (Å²) in [6.07, 6.45) is 3.21. The zero-order chi connectivity index (χ0) is 14.5. The van der Waals surface area contributed by atoms with Gasteiger partial charge in [-0.05, 0) is 25.0 Å². The molecule has 0 spiro atoms. The van der Waals surface area contributed by atoms with Crippen molar-refractivity contribution in [2.24, 2.45) is 0 Å². The number of carbonyl (C=O) groups is 1. The molecule has 0 fully saturated rings. The molecule has 0 amide bonds. The molecule has 2 rings (SSSR count). The molecule has 1 aromatic carbocycles. The Labute approximate surface area is 126 Å². The number of pyridine rings is 1. The number of nitrogens with zero attached hydrogens (tertiary/aromatic N) is 1. The molecule has 0 radical (unpaired) electrons. The number of alkyl halides is 1. The number of rotatable bonds is 5. The summed E-state index contributed by atoms with van der Waals surface area (Å²) in [5, 5.41) is 0.224. The molecule has 1 heterocycles. The van der Waals surface area contributed by atoms with Crippen LogP contribution in [0, 0.1) is 0 Å². The van der Waals surface area contributed by atoms with Gasteiger partial charge in [-0.1, -0.05) is 29.8 Å². The molecule has 104 valence electrons. The summed E-state index contributed by atoms with van der Waals surface area (Å²) in [6.45, 7) is 0. The van der Waals surface area contributed by atoms with E-state index in [1.54, 1.807) is 12.1 Å². The minimum absolute atomic E-state index is 0.211. The second-order valence-corrected chi connectivity index (χ2v) is 5.05. The van der Waals surface area contributed by atoms with Gasteiger partial charge in [-0.3, -0.25) is 14.2 Å². The molecule has 0 aliphatic rings. The van der Waals surface area contributed by atoms with Gasteiger partial charge in [0.05, 0.1) is 10.6 Å². The van der Waals surface area contributed by atoms with Gasteiger partial charge in [0.15, 0.2) is 6.29 Å². The Balaban J connectivity index is 2.64. The molecule has 5 heteroatoms. The lowest BCUT2D eigenvalue weighted by Gasteiger charge is -2.11. The zero-order valence-electron chi connectivity index (χ0n) is 10.7. The minimum Gasteiger partial charge on any atom is -0.298 e. The molecular formula is C15H13Cl2NO2. The van der Waals surface area contributed by atoms with Gasteiger partial charge in [-0.2, -0.15) is 0 Å². The lowest BCUT2D eigenvalue weighted by Crippen LogP contribution is -2.23. The van der Waals surface area contributed by atoms with Crippen LogP contribution in [0.15, 0.2) is 41.3 Å². The van der Waals surface area contributed by atoms with Gasteiger partial charge in [0.2, 0.25) is 0 Å². The van der Waals surface area contributed by atoms with Crippen molar-refractivity contribution < 1.29 is 4.79 Å². The number of aromatic nitrogens is 1. The maximum atomic E-state index is 12.5. The highest BCUT2D eigenvalue weighted by molar-refractivity contribution is 6.33. The quantitative estimate of drug-likeness (QED) is 0.626. The summed E-state index contributed by atoms with van der Waals surface area (Å²) in [5.41, 5.74) is 1.22. The summed E-state index contributed by atoms with van der Waals surface area (Å²) in [4.78, 5) is 23.6. The van der Waals surface area contributed by atoms with Crippen molar-refractivity contribution in [3.8, 4) is 5.69 Å². The molecule has 0 atom stereocenters. The molecule has 3 nitrogen and oxygen atoms in total. The summed E-state index contributed by atoms with van der Waals surface area (Å²) >= 11 is 11.8. The Bertz CT molecular complexity index is 666. The van der Waals surface area contributed by atoms with Crippen LogP contribution >= 0.6 is 23.2 Å². The van der Waals surface area contributed by atoms with Crippen LogP contribution in [0.5, 0.6) is 0 Å². The monoisotopic (exact) mass is 309 g/mol. The second kappa shape index (κ2) is 6.73. The van der Waals surface area contributed by atoms with Crippen LogP contribution < -0.4 is 5.56 Å². The SMILES string of the molecule is O=Cc1cn(-c2ccccc2)c(=O)c(CCCCl)c1Cl. The smallest absolute Gasteiger partial charge is 0.259 e. The van der Waals surface area contributed by atoms with Crippen molar-refractivity contribution >= 4 is 29.5 Å². The maximum absolute atomic E-state index is 12.5. The molecule has 0 aliphatic carbocycles. The molecular weight excluding hydrogens is 297 g/mol. The fourth-order valence-corrected chi connectivity index (χ4v) is 2.39. The first kappa shape index (κ1) is 14.8. The van der Waals surface area contributed by atoms with E-state index in [4.69, 9.17) is 23.2 Å². The van der Waals surface area contributed by atoms with Gasteiger partial charge < -0.3 is 0 Å². The number of carbonyl (C=O) groups excluding carboxylic acids is 1. The van der Waals surface area contributed by atoms with E-state index in [1.165, 1.54) is 10.8 Å². The van der Waals surface area contributed by atoms with Crippen LogP contribution in [0.4, 0.5) is 0 Å². The third-order valence-corrected chi connectivity index (χ3v) is 3.70. The summed E-state index contributed by atoms with van der Waals surface area (Å²) < 4.78 is 1.44. The van der Waals surface area contributed by atoms with Gasteiger partial charge in [0, 0.05) is 23.3 Å². The van der Waals surface area contributed by atoms with E-state index >= 15 is 0 Å². The predicted molar refractivity (Wildman–Crippen MR) is 81.5 cm³/mol. The molecule has 0 N–H and O–H groups in total. The van der Waals surface area contributed by atoms with Crippen LogP contribution in [0.25, 0.3) is 5.69 Å². The normalized spacial score (nSPS) is 10.5. The van der Waals surface area contributed by atoms with E-state index in [9.17, 15) is 9.59 Å². The summed E-state index contributed by atoms with van der Waals surface area (Å²) in [5.74, 6) is 0.437. The van der Waals surface area contributed by atoms with Gasteiger partial charge >= 0.3 is 0 Å². The van der Waals surface area contributed by atoms with E-state index < -0.39 is 0 Å². The lowest BCUT2D eigenvalue weighted by molar-refractivity contribution is 0.112. The molecule has 2 aromatic rings. The average Bonchev–Trinajstić information content (AvgIpc) is 2.48. The highest BCUT2D eigenvalue weighted by Crippen LogP contribution is 2.20. The molecule has 0 unspecified atom stereocenters. The zero-order valence-corrected chi connectivity index (χ0v) is 12.2.